The third kappa shape index (κ3) is 3.39. The van der Waals surface area contributed by atoms with Crippen molar-refractivity contribution in [2.75, 3.05) is 7.11 Å². The molecular weight excluding hydrogens is 374 g/mol. The minimum atomic E-state index is -0.452. The van der Waals surface area contributed by atoms with Crippen molar-refractivity contribution in [3.63, 3.8) is 0 Å². The Hall–Kier alpha value is -3.11. The Balaban J connectivity index is 1.80. The number of hydrogen-bond acceptors (Lipinski definition) is 4. The second-order valence-corrected chi connectivity index (χ2v) is 6.93. The number of carbonyl (C=O) groups excluding carboxylic acids is 1. The van der Waals surface area contributed by atoms with Crippen molar-refractivity contribution in [3.8, 4) is 11.5 Å². The van der Waals surface area contributed by atoms with E-state index in [1.807, 2.05) is 48.5 Å². The number of ketones is 1. The summed E-state index contributed by atoms with van der Waals surface area (Å²) in [7, 11) is 1.47. The third-order valence-electron chi connectivity index (χ3n) is 4.83. The van der Waals surface area contributed by atoms with Crippen molar-refractivity contribution < 1.29 is 14.4 Å². The maximum absolute atomic E-state index is 13.3. The summed E-state index contributed by atoms with van der Waals surface area (Å²) in [6.07, 6.45) is 1.58. The van der Waals surface area contributed by atoms with E-state index < -0.39 is 5.92 Å². The Labute approximate surface area is 168 Å². The van der Waals surface area contributed by atoms with Gasteiger partial charge in [-0.05, 0) is 41.5 Å². The first-order valence-corrected chi connectivity index (χ1v) is 9.29. The van der Waals surface area contributed by atoms with E-state index in [-0.39, 0.29) is 11.7 Å². The lowest BCUT2D eigenvalue weighted by Gasteiger charge is -2.16. The largest absolute Gasteiger partial charge is 0.457 e. The van der Waals surface area contributed by atoms with Gasteiger partial charge in [0.05, 0.1) is 17.7 Å². The number of benzene rings is 3. The standard InChI is InChI=1S/C23H18ClNO3/c1-27-25-14-19-21(15-6-3-2-4-7-15)18-8-5-9-20(22(18)23(19)26)28-17-12-10-16(24)11-13-17/h2-14,19,21H,1H3/b25-14-/t19-,21-/m1/s1. The van der Waals surface area contributed by atoms with Crippen molar-refractivity contribution in [2.45, 2.75) is 5.92 Å². The molecule has 5 heteroatoms. The van der Waals surface area contributed by atoms with Gasteiger partial charge in [0.15, 0.2) is 5.78 Å². The van der Waals surface area contributed by atoms with Crippen LogP contribution in [0.25, 0.3) is 0 Å². The Morgan fingerprint density at radius 3 is 2.43 bits per heavy atom. The lowest BCUT2D eigenvalue weighted by Crippen LogP contribution is -2.16. The molecule has 4 nitrogen and oxygen atoms in total. The second-order valence-electron chi connectivity index (χ2n) is 6.49. The van der Waals surface area contributed by atoms with E-state index in [0.717, 1.165) is 11.1 Å². The molecule has 0 bridgehead atoms. The zero-order valence-corrected chi connectivity index (χ0v) is 16.0. The number of ether oxygens (including phenoxy) is 1. The van der Waals surface area contributed by atoms with Crippen LogP contribution in [0, 0.1) is 5.92 Å². The summed E-state index contributed by atoms with van der Waals surface area (Å²) >= 11 is 5.95. The van der Waals surface area contributed by atoms with Crippen molar-refractivity contribution in [1.29, 1.82) is 0 Å². The van der Waals surface area contributed by atoms with Crippen LogP contribution < -0.4 is 4.74 Å². The van der Waals surface area contributed by atoms with Crippen LogP contribution in [0.3, 0.4) is 0 Å². The molecule has 0 N–H and O–H groups in total. The highest BCUT2D eigenvalue weighted by Crippen LogP contribution is 2.45. The van der Waals surface area contributed by atoms with Crippen LogP contribution in [0.15, 0.2) is 78.0 Å². The van der Waals surface area contributed by atoms with Gasteiger partial charge >= 0.3 is 0 Å². The highest BCUT2D eigenvalue weighted by molar-refractivity contribution is 6.30. The summed E-state index contributed by atoms with van der Waals surface area (Å²) in [5, 5.41) is 4.51. The molecule has 1 aliphatic rings. The van der Waals surface area contributed by atoms with Crippen molar-refractivity contribution in [1.82, 2.24) is 0 Å². The molecule has 0 aliphatic heterocycles. The highest BCUT2D eigenvalue weighted by Gasteiger charge is 2.42. The molecule has 0 saturated carbocycles. The SMILES string of the molecule is CO/N=C\[C@H]1C(=O)c2c(Oc3ccc(Cl)cc3)cccc2[C@H]1c1ccccc1. The number of hydrogen-bond donors (Lipinski definition) is 0. The Morgan fingerprint density at radius 1 is 0.964 bits per heavy atom. The molecule has 3 aromatic carbocycles. The van der Waals surface area contributed by atoms with Gasteiger partial charge in [0.25, 0.3) is 0 Å². The van der Waals surface area contributed by atoms with Crippen LogP contribution in [0.5, 0.6) is 11.5 Å². The van der Waals surface area contributed by atoms with Gasteiger partial charge in [-0.15, -0.1) is 0 Å². The molecule has 28 heavy (non-hydrogen) atoms. The van der Waals surface area contributed by atoms with Crippen LogP contribution in [0.1, 0.15) is 27.4 Å². The van der Waals surface area contributed by atoms with E-state index in [0.29, 0.717) is 22.1 Å². The number of fused-ring (bicyclic) bond motifs is 1. The lowest BCUT2D eigenvalue weighted by atomic mass is 9.86. The van der Waals surface area contributed by atoms with Gasteiger partial charge in [-0.3, -0.25) is 4.79 Å². The Kier molecular flexibility index (Phi) is 5.13. The number of rotatable bonds is 5. The fourth-order valence-corrected chi connectivity index (χ4v) is 3.75. The molecule has 0 saturated heterocycles. The van der Waals surface area contributed by atoms with Gasteiger partial charge < -0.3 is 9.57 Å². The van der Waals surface area contributed by atoms with E-state index in [1.54, 1.807) is 30.5 Å². The average Bonchev–Trinajstić information content (AvgIpc) is 3.01. The van der Waals surface area contributed by atoms with E-state index in [4.69, 9.17) is 21.2 Å². The first kappa shape index (κ1) is 18.3. The first-order chi connectivity index (χ1) is 13.7. The van der Waals surface area contributed by atoms with Crippen molar-refractivity contribution in [3.05, 3.63) is 94.5 Å². The smallest absolute Gasteiger partial charge is 0.176 e. The number of carbonyl (C=O) groups is 1. The summed E-state index contributed by atoms with van der Waals surface area (Å²) in [5.74, 6) is 0.521. The molecule has 3 aromatic rings. The average molecular weight is 392 g/mol. The van der Waals surface area contributed by atoms with Crippen molar-refractivity contribution in [2.24, 2.45) is 11.1 Å². The van der Waals surface area contributed by atoms with E-state index in [9.17, 15) is 4.79 Å². The summed E-state index contributed by atoms with van der Waals surface area (Å²) in [5.41, 5.74) is 2.56. The molecule has 1 aliphatic carbocycles. The molecule has 0 fully saturated rings. The zero-order chi connectivity index (χ0) is 19.5. The first-order valence-electron chi connectivity index (χ1n) is 8.91. The molecule has 2 atom stereocenters. The molecule has 0 aromatic heterocycles. The minimum Gasteiger partial charge on any atom is -0.457 e. The summed E-state index contributed by atoms with van der Waals surface area (Å²) < 4.78 is 6.03. The lowest BCUT2D eigenvalue weighted by molar-refractivity contribution is 0.0960. The van der Waals surface area contributed by atoms with E-state index >= 15 is 0 Å². The van der Waals surface area contributed by atoms with E-state index in [2.05, 4.69) is 5.16 Å². The van der Waals surface area contributed by atoms with Gasteiger partial charge in [0.2, 0.25) is 0 Å². The van der Waals surface area contributed by atoms with Crippen LogP contribution in [-0.4, -0.2) is 19.1 Å². The van der Waals surface area contributed by atoms with Gasteiger partial charge in [-0.25, -0.2) is 0 Å². The van der Waals surface area contributed by atoms with Gasteiger partial charge in [-0.1, -0.05) is 59.2 Å². The molecular formula is C23H18ClNO3. The molecule has 140 valence electrons. The normalized spacial score (nSPS) is 18.3. The molecule has 4 rings (SSSR count). The van der Waals surface area contributed by atoms with Crippen LogP contribution >= 0.6 is 11.6 Å². The monoisotopic (exact) mass is 391 g/mol. The van der Waals surface area contributed by atoms with Gasteiger partial charge in [0.1, 0.15) is 18.6 Å². The number of halogens is 1. The number of Topliss-reactive ketones (excluding diaryl/α,β-unsaturated/α-hetero) is 1. The predicted molar refractivity (Wildman–Crippen MR) is 110 cm³/mol. The summed E-state index contributed by atoms with van der Waals surface area (Å²) in [4.78, 5) is 18.1. The molecule has 0 radical (unpaired) electrons. The number of nitrogens with zero attached hydrogens (tertiary/aromatic N) is 1. The van der Waals surface area contributed by atoms with Gasteiger partial charge in [0, 0.05) is 10.9 Å². The summed E-state index contributed by atoms with van der Waals surface area (Å²) in [6, 6.07) is 22.7. The van der Waals surface area contributed by atoms with Crippen LogP contribution in [-0.2, 0) is 4.84 Å². The minimum absolute atomic E-state index is 0.0331. The predicted octanol–water partition coefficient (Wildman–Crippen LogP) is 5.71. The molecule has 0 amide bonds. The van der Waals surface area contributed by atoms with E-state index in [1.165, 1.54) is 7.11 Å². The Bertz CT molecular complexity index is 1020. The fraction of sp³-hybridized carbons (Fsp3) is 0.130. The highest BCUT2D eigenvalue weighted by atomic mass is 35.5. The van der Waals surface area contributed by atoms with Crippen LogP contribution in [0.4, 0.5) is 0 Å². The quantitative estimate of drug-likeness (QED) is 0.413. The van der Waals surface area contributed by atoms with Crippen molar-refractivity contribution >= 4 is 23.6 Å². The molecule has 0 spiro atoms. The molecule has 0 heterocycles. The molecule has 0 unspecified atom stereocenters. The van der Waals surface area contributed by atoms with Gasteiger partial charge in [-0.2, -0.15) is 0 Å². The maximum atomic E-state index is 13.3. The second kappa shape index (κ2) is 7.87. The Morgan fingerprint density at radius 2 is 1.71 bits per heavy atom. The topological polar surface area (TPSA) is 47.9 Å². The van der Waals surface area contributed by atoms with Crippen LogP contribution in [0.2, 0.25) is 5.02 Å². The zero-order valence-electron chi connectivity index (χ0n) is 15.2. The number of oxime groups is 1. The summed E-state index contributed by atoms with van der Waals surface area (Å²) in [6.45, 7) is 0. The fourth-order valence-electron chi connectivity index (χ4n) is 3.62. The third-order valence-corrected chi connectivity index (χ3v) is 5.08. The maximum Gasteiger partial charge on any atom is 0.176 e.